The molecular weight excluding hydrogens is 301 g/mol. The Morgan fingerprint density at radius 1 is 1.43 bits per heavy atom. The first kappa shape index (κ1) is 15.0. The largest absolute Gasteiger partial charge is 0.479 e. The highest BCUT2D eigenvalue weighted by Gasteiger charge is 2.24. The molecule has 0 saturated heterocycles. The fourth-order valence-electron chi connectivity index (χ4n) is 1.78. The average Bonchev–Trinajstić information content (AvgIpc) is 2.85. The summed E-state index contributed by atoms with van der Waals surface area (Å²) < 4.78 is 14.7. The van der Waals surface area contributed by atoms with Crippen molar-refractivity contribution < 1.29 is 19.1 Å². The van der Waals surface area contributed by atoms with Crippen molar-refractivity contribution >= 4 is 23.5 Å². The van der Waals surface area contributed by atoms with Crippen molar-refractivity contribution in [2.45, 2.75) is 6.04 Å². The van der Waals surface area contributed by atoms with Gasteiger partial charge in [0.05, 0.1) is 5.02 Å². The number of nitrogens with one attached hydrogen (secondary N) is 1. The average molecular weight is 312 g/mol. The van der Waals surface area contributed by atoms with Crippen LogP contribution in [-0.2, 0) is 11.8 Å². The van der Waals surface area contributed by atoms with Crippen LogP contribution in [0.4, 0.5) is 4.39 Å². The van der Waals surface area contributed by atoms with Gasteiger partial charge in [-0.3, -0.25) is 9.48 Å². The number of hydrogen-bond acceptors (Lipinski definition) is 3. The molecule has 1 unspecified atom stereocenters. The molecule has 0 spiro atoms. The van der Waals surface area contributed by atoms with Crippen LogP contribution in [0.15, 0.2) is 30.5 Å². The van der Waals surface area contributed by atoms with E-state index >= 15 is 0 Å². The number of carboxylic acids is 1. The normalized spacial score (nSPS) is 12.0. The number of carboxylic acid groups (broad SMARTS) is 1. The van der Waals surface area contributed by atoms with Gasteiger partial charge in [0.2, 0.25) is 0 Å². The molecule has 0 aliphatic carbocycles. The molecule has 21 heavy (non-hydrogen) atoms. The lowest BCUT2D eigenvalue weighted by Crippen LogP contribution is -2.34. The molecule has 0 aliphatic heterocycles. The fourth-order valence-corrected chi connectivity index (χ4v) is 1.90. The van der Waals surface area contributed by atoms with Gasteiger partial charge >= 0.3 is 5.97 Å². The van der Waals surface area contributed by atoms with Gasteiger partial charge in [-0.25, -0.2) is 9.18 Å². The van der Waals surface area contributed by atoms with Gasteiger partial charge in [-0.2, -0.15) is 5.10 Å². The number of aliphatic carboxylic acids is 1. The van der Waals surface area contributed by atoms with Crippen molar-refractivity contribution in [1.82, 2.24) is 15.1 Å². The van der Waals surface area contributed by atoms with Gasteiger partial charge in [-0.1, -0.05) is 17.7 Å². The minimum Gasteiger partial charge on any atom is -0.479 e. The Balaban J connectivity index is 2.28. The molecule has 2 rings (SSSR count). The lowest BCUT2D eigenvalue weighted by Gasteiger charge is -2.15. The summed E-state index contributed by atoms with van der Waals surface area (Å²) in [5.74, 6) is -2.69. The van der Waals surface area contributed by atoms with E-state index in [1.165, 1.54) is 29.1 Å². The Kier molecular flexibility index (Phi) is 4.23. The van der Waals surface area contributed by atoms with Crippen molar-refractivity contribution in [3.63, 3.8) is 0 Å². The number of carbonyl (C=O) groups excluding carboxylic acids is 1. The molecule has 0 saturated carbocycles. The lowest BCUT2D eigenvalue weighted by molar-refractivity contribution is -0.139. The molecule has 1 aromatic heterocycles. The summed E-state index contributed by atoms with van der Waals surface area (Å²) in [5, 5.41) is 15.2. The molecular formula is C13H11ClFN3O3. The van der Waals surface area contributed by atoms with Gasteiger partial charge in [-0.05, 0) is 23.8 Å². The molecule has 110 valence electrons. The predicted octanol–water partition coefficient (Wildman–Crippen LogP) is 1.77. The summed E-state index contributed by atoms with van der Waals surface area (Å²) in [6.07, 6.45) is 1.41. The fraction of sp³-hybridized carbons (Fsp3) is 0.154. The molecule has 0 radical (unpaired) electrons. The Hall–Kier alpha value is -2.41. The molecule has 2 N–H and O–H groups in total. The van der Waals surface area contributed by atoms with Crippen molar-refractivity contribution in [2.24, 2.45) is 7.05 Å². The number of aryl methyl sites for hydroxylation is 1. The second-order valence-corrected chi connectivity index (χ2v) is 4.67. The van der Waals surface area contributed by atoms with Gasteiger partial charge in [-0.15, -0.1) is 0 Å². The summed E-state index contributed by atoms with van der Waals surface area (Å²) in [4.78, 5) is 23.3. The van der Waals surface area contributed by atoms with Crippen molar-refractivity contribution in [3.8, 4) is 0 Å². The summed E-state index contributed by atoms with van der Waals surface area (Å²) >= 11 is 5.55. The van der Waals surface area contributed by atoms with Crippen LogP contribution in [0.1, 0.15) is 22.1 Å². The molecule has 8 heteroatoms. The SMILES string of the molecule is Cn1nccc1C(=O)NC(C(=O)O)c1ccc(Cl)c(F)c1. The monoisotopic (exact) mass is 311 g/mol. The third-order valence-corrected chi connectivity index (χ3v) is 3.16. The van der Waals surface area contributed by atoms with Crippen molar-refractivity contribution in [3.05, 3.63) is 52.6 Å². The van der Waals surface area contributed by atoms with E-state index in [-0.39, 0.29) is 16.3 Å². The molecule has 1 atom stereocenters. The Morgan fingerprint density at radius 2 is 2.14 bits per heavy atom. The molecule has 0 aliphatic rings. The Labute approximate surface area is 124 Å². The number of benzene rings is 1. The second kappa shape index (κ2) is 5.92. The van der Waals surface area contributed by atoms with Crippen LogP contribution >= 0.6 is 11.6 Å². The van der Waals surface area contributed by atoms with Gasteiger partial charge in [0.15, 0.2) is 6.04 Å². The Morgan fingerprint density at radius 3 is 2.67 bits per heavy atom. The van der Waals surface area contributed by atoms with Crippen LogP contribution < -0.4 is 5.32 Å². The van der Waals surface area contributed by atoms with Crippen LogP contribution in [0.3, 0.4) is 0 Å². The van der Waals surface area contributed by atoms with Gasteiger partial charge in [0.1, 0.15) is 11.5 Å². The third kappa shape index (κ3) is 3.19. The number of nitrogens with zero attached hydrogens (tertiary/aromatic N) is 2. The first-order valence-electron chi connectivity index (χ1n) is 5.86. The van der Waals surface area contributed by atoms with Gasteiger partial charge < -0.3 is 10.4 Å². The molecule has 6 nitrogen and oxygen atoms in total. The van der Waals surface area contributed by atoms with E-state index in [0.29, 0.717) is 0 Å². The molecule has 1 amide bonds. The quantitative estimate of drug-likeness (QED) is 0.901. The minimum atomic E-state index is -1.39. The Bertz CT molecular complexity index is 702. The van der Waals surface area contributed by atoms with E-state index < -0.39 is 23.7 Å². The van der Waals surface area contributed by atoms with Crippen LogP contribution in [-0.4, -0.2) is 26.8 Å². The van der Waals surface area contributed by atoms with Crippen molar-refractivity contribution in [2.75, 3.05) is 0 Å². The van der Waals surface area contributed by atoms with Crippen molar-refractivity contribution in [1.29, 1.82) is 0 Å². The number of rotatable bonds is 4. The number of amides is 1. The van der Waals surface area contributed by atoms with E-state index in [1.54, 1.807) is 7.05 Å². The first-order valence-corrected chi connectivity index (χ1v) is 6.24. The van der Waals surface area contributed by atoms with E-state index in [2.05, 4.69) is 10.4 Å². The van der Waals surface area contributed by atoms with E-state index in [1.807, 2.05) is 0 Å². The zero-order valence-electron chi connectivity index (χ0n) is 10.9. The maximum absolute atomic E-state index is 13.4. The summed E-state index contributed by atoms with van der Waals surface area (Å²) in [7, 11) is 1.55. The van der Waals surface area contributed by atoms with E-state index in [4.69, 9.17) is 11.6 Å². The number of carbonyl (C=O) groups is 2. The molecule has 0 bridgehead atoms. The lowest BCUT2D eigenvalue weighted by atomic mass is 10.1. The van der Waals surface area contributed by atoms with Gasteiger partial charge in [0, 0.05) is 13.2 Å². The zero-order chi connectivity index (χ0) is 15.6. The van der Waals surface area contributed by atoms with Crippen LogP contribution in [0.25, 0.3) is 0 Å². The summed E-state index contributed by atoms with van der Waals surface area (Å²) in [5.41, 5.74) is 0.274. The molecule has 0 fully saturated rings. The zero-order valence-corrected chi connectivity index (χ0v) is 11.6. The molecule has 1 aromatic carbocycles. The second-order valence-electron chi connectivity index (χ2n) is 4.26. The predicted molar refractivity (Wildman–Crippen MR) is 72.5 cm³/mol. The minimum absolute atomic E-state index is 0.0833. The van der Waals surface area contributed by atoms with Crippen LogP contribution in [0.2, 0.25) is 5.02 Å². The third-order valence-electron chi connectivity index (χ3n) is 2.85. The van der Waals surface area contributed by atoms with Crippen LogP contribution in [0.5, 0.6) is 0 Å². The standard InChI is InChI=1S/C13H11ClFN3O3/c1-18-10(4-5-16-18)12(19)17-11(13(20)21)7-2-3-8(14)9(15)6-7/h2-6,11H,1H3,(H,17,19)(H,20,21). The van der Waals surface area contributed by atoms with E-state index in [0.717, 1.165) is 6.07 Å². The highest BCUT2D eigenvalue weighted by atomic mass is 35.5. The molecule has 2 aromatic rings. The number of aromatic nitrogens is 2. The summed E-state index contributed by atoms with van der Waals surface area (Å²) in [6, 6.07) is 3.60. The smallest absolute Gasteiger partial charge is 0.330 e. The number of hydrogen-bond donors (Lipinski definition) is 2. The topological polar surface area (TPSA) is 84.2 Å². The summed E-state index contributed by atoms with van der Waals surface area (Å²) in [6.45, 7) is 0. The maximum atomic E-state index is 13.4. The maximum Gasteiger partial charge on any atom is 0.330 e. The van der Waals surface area contributed by atoms with Gasteiger partial charge in [0.25, 0.3) is 5.91 Å². The highest BCUT2D eigenvalue weighted by molar-refractivity contribution is 6.30. The van der Waals surface area contributed by atoms with Crippen LogP contribution in [0, 0.1) is 5.82 Å². The first-order chi connectivity index (χ1) is 9.90. The molecule has 1 heterocycles. The number of halogens is 2. The van der Waals surface area contributed by atoms with E-state index in [9.17, 15) is 19.1 Å². The highest BCUT2D eigenvalue weighted by Crippen LogP contribution is 2.21.